The van der Waals surface area contributed by atoms with Crippen molar-refractivity contribution in [1.82, 2.24) is 18.9 Å². The molecule has 0 spiro atoms. The molecular weight excluding hydrogens is 544 g/mol. The van der Waals surface area contributed by atoms with E-state index in [0.717, 1.165) is 31.9 Å². The van der Waals surface area contributed by atoms with Crippen LogP contribution >= 0.6 is 0 Å². The highest BCUT2D eigenvalue weighted by atomic mass is 16.5. The highest BCUT2D eigenvalue weighted by Gasteiger charge is 2.35. The molecule has 0 N–H and O–H groups in total. The third-order valence-electron chi connectivity index (χ3n) is 7.75. The van der Waals surface area contributed by atoms with Gasteiger partial charge in [-0.05, 0) is 47.4 Å². The van der Waals surface area contributed by atoms with E-state index in [1.54, 1.807) is 19.1 Å². The summed E-state index contributed by atoms with van der Waals surface area (Å²) in [4.78, 5) is 55.8. The summed E-state index contributed by atoms with van der Waals surface area (Å²) in [5.41, 5.74) is 1.42. The van der Waals surface area contributed by atoms with Crippen LogP contribution in [0.3, 0.4) is 0 Å². The van der Waals surface area contributed by atoms with Crippen molar-refractivity contribution >= 4 is 11.8 Å². The van der Waals surface area contributed by atoms with E-state index >= 15 is 0 Å². The van der Waals surface area contributed by atoms with Gasteiger partial charge in [0, 0.05) is 33.3 Å². The fourth-order valence-corrected chi connectivity index (χ4v) is 5.42. The van der Waals surface area contributed by atoms with Gasteiger partial charge in [-0.25, -0.2) is 4.79 Å². The molecule has 4 heterocycles. The number of amides is 2. The summed E-state index contributed by atoms with van der Waals surface area (Å²) < 4.78 is 24.7. The first-order chi connectivity index (χ1) is 20.2. The fraction of sp³-hybridized carbons (Fsp3) is 0.400. The Bertz CT molecular complexity index is 1610. The quantitative estimate of drug-likeness (QED) is 0.424. The Morgan fingerprint density at radius 2 is 1.60 bits per heavy atom. The van der Waals surface area contributed by atoms with Crippen molar-refractivity contribution in [2.75, 3.05) is 53.7 Å². The first-order valence-corrected chi connectivity index (χ1v) is 13.6. The van der Waals surface area contributed by atoms with Crippen LogP contribution in [0.4, 0.5) is 0 Å². The van der Waals surface area contributed by atoms with Crippen molar-refractivity contribution in [3.8, 4) is 17.2 Å². The lowest BCUT2D eigenvalue weighted by molar-refractivity contribution is -0.134. The fourth-order valence-electron chi connectivity index (χ4n) is 5.42. The van der Waals surface area contributed by atoms with Crippen molar-refractivity contribution in [1.29, 1.82) is 0 Å². The molecule has 6 rings (SSSR count). The minimum absolute atomic E-state index is 0.0672. The monoisotopic (exact) mass is 578 g/mol. The Hall–Kier alpha value is -4.58. The van der Waals surface area contributed by atoms with Gasteiger partial charge in [-0.1, -0.05) is 12.1 Å². The predicted octanol–water partition coefficient (Wildman–Crippen LogP) is 1.13. The number of carbonyl (C=O) groups excluding carboxylic acids is 2. The van der Waals surface area contributed by atoms with Gasteiger partial charge in [0.05, 0.1) is 33.5 Å². The molecule has 2 bridgehead atoms. The molecular formula is C30H34N4O8. The number of nitrogens with zero attached hydrogens (tertiary/aromatic N) is 4. The number of benzene rings is 2. The maximum absolute atomic E-state index is 14.1. The third kappa shape index (κ3) is 5.49. The smallest absolute Gasteiger partial charge is 0.331 e. The van der Waals surface area contributed by atoms with E-state index in [2.05, 4.69) is 0 Å². The lowest BCUT2D eigenvalue weighted by Crippen LogP contribution is -2.49. The highest BCUT2D eigenvalue weighted by molar-refractivity contribution is 5.95. The van der Waals surface area contributed by atoms with Gasteiger partial charge in [0.1, 0.15) is 24.6 Å². The Morgan fingerprint density at radius 3 is 2.31 bits per heavy atom. The normalized spacial score (nSPS) is 17.4. The van der Waals surface area contributed by atoms with Crippen molar-refractivity contribution in [2.24, 2.45) is 14.1 Å². The van der Waals surface area contributed by atoms with E-state index in [1.165, 1.54) is 19.0 Å². The average Bonchev–Trinajstić information content (AvgIpc) is 3.01. The van der Waals surface area contributed by atoms with Crippen LogP contribution in [0.25, 0.3) is 0 Å². The molecule has 3 aromatic rings. The second-order valence-corrected chi connectivity index (χ2v) is 10.2. The van der Waals surface area contributed by atoms with Gasteiger partial charge < -0.3 is 28.7 Å². The summed E-state index contributed by atoms with van der Waals surface area (Å²) in [7, 11) is 5.91. The molecule has 1 atom stereocenters. The molecule has 12 nitrogen and oxygen atoms in total. The molecule has 12 heteroatoms. The number of methoxy groups -OCH3 is 2. The molecule has 42 heavy (non-hydrogen) atoms. The lowest BCUT2D eigenvalue weighted by Gasteiger charge is -2.39. The minimum atomic E-state index is -0.635. The van der Waals surface area contributed by atoms with Crippen molar-refractivity contribution in [2.45, 2.75) is 12.5 Å². The summed E-state index contributed by atoms with van der Waals surface area (Å²) in [5.74, 6) is 0.906. The standard InChI is InChI=1S/C30H34N4O8/c1-31-23(17-26(35)32(2)30(31)38)29(37)33-11-12-41-13-14-42-21-7-5-19(6-8-21)28-22-16-25(40-4)24(39-3)15-20(22)9-10-34(28)27(36)18-33/h5-8,15-17,28H,9-14,18H2,1-4H3. The third-order valence-corrected chi connectivity index (χ3v) is 7.75. The van der Waals surface area contributed by atoms with Gasteiger partial charge in [-0.3, -0.25) is 23.5 Å². The first-order valence-electron chi connectivity index (χ1n) is 13.6. The van der Waals surface area contributed by atoms with Gasteiger partial charge in [-0.15, -0.1) is 0 Å². The molecule has 2 aromatic carbocycles. The molecule has 2 amide bonds. The van der Waals surface area contributed by atoms with Gasteiger partial charge in [0.2, 0.25) is 5.91 Å². The van der Waals surface area contributed by atoms with Crippen LogP contribution in [-0.2, 0) is 30.0 Å². The Balaban J connectivity index is 1.56. The van der Waals surface area contributed by atoms with E-state index in [1.807, 2.05) is 36.4 Å². The number of hydrogen-bond acceptors (Lipinski definition) is 8. The van der Waals surface area contributed by atoms with E-state index in [0.29, 0.717) is 36.8 Å². The number of hydrogen-bond donors (Lipinski definition) is 0. The maximum atomic E-state index is 14.1. The number of rotatable bonds is 3. The molecule has 0 saturated carbocycles. The maximum Gasteiger partial charge on any atom is 0.331 e. The van der Waals surface area contributed by atoms with Crippen LogP contribution in [-0.4, -0.2) is 84.4 Å². The van der Waals surface area contributed by atoms with E-state index < -0.39 is 23.2 Å². The summed E-state index contributed by atoms with van der Waals surface area (Å²) in [5, 5.41) is 0. The van der Waals surface area contributed by atoms with E-state index in [9.17, 15) is 19.2 Å². The van der Waals surface area contributed by atoms with Crippen molar-refractivity contribution in [3.05, 3.63) is 85.7 Å². The summed E-state index contributed by atoms with van der Waals surface area (Å²) >= 11 is 0. The zero-order valence-electron chi connectivity index (χ0n) is 24.1. The Labute approximate surface area is 242 Å². The van der Waals surface area contributed by atoms with Crippen LogP contribution in [0.15, 0.2) is 52.1 Å². The largest absolute Gasteiger partial charge is 0.493 e. The Kier molecular flexibility index (Phi) is 8.34. The second-order valence-electron chi connectivity index (χ2n) is 10.2. The minimum Gasteiger partial charge on any atom is -0.493 e. The van der Waals surface area contributed by atoms with Crippen molar-refractivity contribution < 1.29 is 28.5 Å². The van der Waals surface area contributed by atoms with Crippen molar-refractivity contribution in [3.63, 3.8) is 0 Å². The molecule has 3 aliphatic heterocycles. The first kappa shape index (κ1) is 28.9. The van der Waals surface area contributed by atoms with Gasteiger partial charge in [-0.2, -0.15) is 0 Å². The van der Waals surface area contributed by atoms with Gasteiger partial charge in [0.15, 0.2) is 11.5 Å². The second kappa shape index (κ2) is 12.1. The molecule has 222 valence electrons. The molecule has 0 radical (unpaired) electrons. The molecule has 1 unspecified atom stereocenters. The average molecular weight is 579 g/mol. The van der Waals surface area contributed by atoms with Gasteiger partial charge >= 0.3 is 5.69 Å². The van der Waals surface area contributed by atoms with Gasteiger partial charge in [0.25, 0.3) is 11.5 Å². The zero-order valence-corrected chi connectivity index (χ0v) is 24.1. The SMILES string of the molecule is COc1cc2c(cc1OC)C1c3ccc(cc3)OCCOCCN(C(=O)c3cc(=O)n(C)c(=O)n3C)CC(=O)N1CC2. The molecule has 0 aliphatic carbocycles. The van der Waals surface area contributed by atoms with Crippen LogP contribution in [0.1, 0.15) is 33.2 Å². The lowest BCUT2D eigenvalue weighted by atomic mass is 9.87. The topological polar surface area (TPSA) is 122 Å². The predicted molar refractivity (Wildman–Crippen MR) is 152 cm³/mol. The molecule has 0 saturated heterocycles. The Morgan fingerprint density at radius 1 is 0.881 bits per heavy atom. The molecule has 0 fully saturated rings. The highest BCUT2D eigenvalue weighted by Crippen LogP contribution is 2.41. The molecule has 3 aliphatic rings. The summed E-state index contributed by atoms with van der Waals surface area (Å²) in [6.07, 6.45) is 0.569. The van der Waals surface area contributed by atoms with E-state index in [4.69, 9.17) is 18.9 Å². The molecule has 1 aromatic heterocycles. The zero-order chi connectivity index (χ0) is 30.0. The number of carbonyl (C=O) groups is 2. The summed E-state index contributed by atoms with van der Waals surface area (Å²) in [6, 6.07) is 12.0. The van der Waals surface area contributed by atoms with Crippen LogP contribution in [0.2, 0.25) is 0 Å². The van der Waals surface area contributed by atoms with Crippen LogP contribution in [0, 0.1) is 0 Å². The number of ether oxygens (including phenoxy) is 4. The number of fused-ring (bicyclic) bond motifs is 11. The number of aromatic nitrogens is 2. The summed E-state index contributed by atoms with van der Waals surface area (Å²) in [6.45, 7) is 0.879. The van der Waals surface area contributed by atoms with Crippen LogP contribution in [0.5, 0.6) is 17.2 Å². The van der Waals surface area contributed by atoms with E-state index in [-0.39, 0.29) is 37.9 Å². The van der Waals surface area contributed by atoms with Crippen LogP contribution < -0.4 is 25.5 Å².